The molecule has 0 unspecified atom stereocenters. The SMILES string of the molecule is CCN(CC(=O)Nc1ccccc1C(F)(F)F)C(=O)c1cc(-c2cccs2)nc2ccccc12. The quantitative estimate of drug-likeness (QED) is 0.361. The number of halogens is 3. The van der Waals surface area contributed by atoms with Crippen LogP contribution in [0, 0.1) is 0 Å². The summed E-state index contributed by atoms with van der Waals surface area (Å²) in [5, 5.41) is 4.84. The second-order valence-corrected chi connectivity index (χ2v) is 8.41. The summed E-state index contributed by atoms with van der Waals surface area (Å²) in [4.78, 5) is 32.9. The van der Waals surface area contributed by atoms with E-state index in [2.05, 4.69) is 10.3 Å². The van der Waals surface area contributed by atoms with Crippen LogP contribution in [0.25, 0.3) is 21.5 Å². The first-order valence-corrected chi connectivity index (χ1v) is 11.3. The van der Waals surface area contributed by atoms with Crippen LogP contribution in [0.2, 0.25) is 0 Å². The number of hydrogen-bond donors (Lipinski definition) is 1. The minimum atomic E-state index is -4.61. The molecule has 4 aromatic rings. The number of thiophene rings is 1. The molecular formula is C25H20F3N3O2S. The number of hydrogen-bond acceptors (Lipinski definition) is 4. The van der Waals surface area contributed by atoms with Gasteiger partial charge < -0.3 is 10.2 Å². The highest BCUT2D eigenvalue weighted by molar-refractivity contribution is 7.13. The van der Waals surface area contributed by atoms with Gasteiger partial charge in [-0.05, 0) is 42.6 Å². The lowest BCUT2D eigenvalue weighted by atomic mass is 10.1. The third-order valence-corrected chi connectivity index (χ3v) is 6.12. The Kier molecular flexibility index (Phi) is 6.65. The number of para-hydroxylation sites is 2. The molecule has 2 amide bonds. The largest absolute Gasteiger partial charge is 0.418 e. The molecule has 0 saturated carbocycles. The van der Waals surface area contributed by atoms with Crippen LogP contribution in [0.1, 0.15) is 22.8 Å². The molecule has 9 heteroatoms. The second-order valence-electron chi connectivity index (χ2n) is 7.46. The van der Waals surface area contributed by atoms with E-state index in [0.717, 1.165) is 10.9 Å². The minimum absolute atomic E-state index is 0.193. The Morgan fingerprint density at radius 2 is 1.76 bits per heavy atom. The molecule has 0 aliphatic heterocycles. The van der Waals surface area contributed by atoms with Crippen molar-refractivity contribution in [1.29, 1.82) is 0 Å². The van der Waals surface area contributed by atoms with Crippen molar-refractivity contribution in [2.45, 2.75) is 13.1 Å². The van der Waals surface area contributed by atoms with E-state index in [9.17, 15) is 22.8 Å². The Bertz CT molecular complexity index is 1340. The maximum atomic E-state index is 13.5. The lowest BCUT2D eigenvalue weighted by Gasteiger charge is -2.22. The number of pyridine rings is 1. The van der Waals surface area contributed by atoms with Gasteiger partial charge in [0.15, 0.2) is 0 Å². The highest BCUT2D eigenvalue weighted by atomic mass is 32.1. The number of benzene rings is 2. The number of likely N-dealkylation sites (N-methyl/N-ethyl adjacent to an activating group) is 1. The van der Waals surface area contributed by atoms with Gasteiger partial charge in [0, 0.05) is 11.9 Å². The van der Waals surface area contributed by atoms with Gasteiger partial charge in [0.1, 0.15) is 6.54 Å². The predicted octanol–water partition coefficient (Wildman–Crippen LogP) is 6.08. The van der Waals surface area contributed by atoms with Crippen LogP contribution in [0.5, 0.6) is 0 Å². The highest BCUT2D eigenvalue weighted by Gasteiger charge is 2.33. The van der Waals surface area contributed by atoms with Crippen molar-refractivity contribution in [3.63, 3.8) is 0 Å². The van der Waals surface area contributed by atoms with Crippen LogP contribution < -0.4 is 5.32 Å². The number of amides is 2. The Morgan fingerprint density at radius 3 is 2.47 bits per heavy atom. The molecular weight excluding hydrogens is 463 g/mol. The van der Waals surface area contributed by atoms with Gasteiger partial charge >= 0.3 is 6.18 Å². The number of aromatic nitrogens is 1. The summed E-state index contributed by atoms with van der Waals surface area (Å²) >= 11 is 1.49. The third-order valence-electron chi connectivity index (χ3n) is 5.23. The first-order chi connectivity index (χ1) is 16.3. The van der Waals surface area contributed by atoms with Crippen molar-refractivity contribution in [3.8, 4) is 10.6 Å². The molecule has 2 aromatic heterocycles. The van der Waals surface area contributed by atoms with Crippen molar-refractivity contribution in [3.05, 3.63) is 83.2 Å². The topological polar surface area (TPSA) is 62.3 Å². The van der Waals surface area contributed by atoms with Gasteiger partial charge in [-0.15, -0.1) is 11.3 Å². The molecule has 5 nitrogen and oxygen atoms in total. The van der Waals surface area contributed by atoms with Crippen molar-refractivity contribution in [1.82, 2.24) is 9.88 Å². The van der Waals surface area contributed by atoms with Gasteiger partial charge in [-0.2, -0.15) is 13.2 Å². The fraction of sp³-hybridized carbons (Fsp3) is 0.160. The molecule has 0 fully saturated rings. The minimum Gasteiger partial charge on any atom is -0.330 e. The molecule has 0 bridgehead atoms. The maximum absolute atomic E-state index is 13.5. The number of nitrogens with zero attached hydrogens (tertiary/aromatic N) is 2. The van der Waals surface area contributed by atoms with Crippen LogP contribution in [0.15, 0.2) is 72.1 Å². The first kappa shape index (κ1) is 23.4. The molecule has 0 aliphatic rings. The van der Waals surface area contributed by atoms with Crippen molar-refractivity contribution in [2.75, 3.05) is 18.4 Å². The lowest BCUT2D eigenvalue weighted by Crippen LogP contribution is -2.38. The van der Waals surface area contributed by atoms with Gasteiger partial charge in [0.2, 0.25) is 5.91 Å². The fourth-order valence-electron chi connectivity index (χ4n) is 3.60. The summed E-state index contributed by atoms with van der Waals surface area (Å²) in [6, 6.07) is 17.4. The number of fused-ring (bicyclic) bond motifs is 1. The van der Waals surface area contributed by atoms with Crippen LogP contribution >= 0.6 is 11.3 Å². The van der Waals surface area contributed by atoms with E-state index in [-0.39, 0.29) is 12.2 Å². The molecule has 174 valence electrons. The maximum Gasteiger partial charge on any atom is 0.418 e. The smallest absolute Gasteiger partial charge is 0.330 e. The van der Waals surface area contributed by atoms with E-state index in [1.54, 1.807) is 31.2 Å². The van der Waals surface area contributed by atoms with Gasteiger partial charge in [-0.1, -0.05) is 36.4 Å². The summed E-state index contributed by atoms with van der Waals surface area (Å²) in [6.07, 6.45) is -4.61. The molecule has 2 aromatic carbocycles. The molecule has 0 atom stereocenters. The Hall–Kier alpha value is -3.72. The van der Waals surface area contributed by atoms with Crippen molar-refractivity contribution in [2.24, 2.45) is 0 Å². The number of anilines is 1. The first-order valence-electron chi connectivity index (χ1n) is 10.5. The fourth-order valence-corrected chi connectivity index (χ4v) is 4.29. The van der Waals surface area contributed by atoms with Crippen LogP contribution in [0.3, 0.4) is 0 Å². The summed E-state index contributed by atoms with van der Waals surface area (Å²) in [6.45, 7) is 1.50. The third kappa shape index (κ3) is 4.94. The summed E-state index contributed by atoms with van der Waals surface area (Å²) in [5.41, 5.74) is 0.351. The number of carbonyl (C=O) groups excluding carboxylic acids is 2. The van der Waals surface area contributed by atoms with E-state index >= 15 is 0 Å². The zero-order chi connectivity index (χ0) is 24.3. The summed E-state index contributed by atoms with van der Waals surface area (Å²) in [7, 11) is 0. The predicted molar refractivity (Wildman–Crippen MR) is 127 cm³/mol. The molecule has 2 heterocycles. The monoisotopic (exact) mass is 483 g/mol. The van der Waals surface area contributed by atoms with E-state index in [0.29, 0.717) is 22.2 Å². The van der Waals surface area contributed by atoms with E-state index in [1.807, 2.05) is 23.6 Å². The average Bonchev–Trinajstić information content (AvgIpc) is 3.36. The van der Waals surface area contributed by atoms with Gasteiger partial charge in [-0.3, -0.25) is 9.59 Å². The van der Waals surface area contributed by atoms with Crippen molar-refractivity contribution >= 4 is 39.7 Å². The van der Waals surface area contributed by atoms with Gasteiger partial charge in [0.25, 0.3) is 5.91 Å². The Balaban J connectivity index is 1.62. The molecule has 0 radical (unpaired) electrons. The van der Waals surface area contributed by atoms with E-state index < -0.39 is 30.1 Å². The molecule has 34 heavy (non-hydrogen) atoms. The Morgan fingerprint density at radius 1 is 1.03 bits per heavy atom. The molecule has 0 saturated heterocycles. The molecule has 4 rings (SSSR count). The zero-order valence-corrected chi connectivity index (χ0v) is 18.9. The average molecular weight is 484 g/mol. The van der Waals surface area contributed by atoms with Gasteiger partial charge in [0.05, 0.1) is 32.9 Å². The van der Waals surface area contributed by atoms with Crippen molar-refractivity contribution < 1.29 is 22.8 Å². The number of rotatable bonds is 6. The summed E-state index contributed by atoms with van der Waals surface area (Å²) < 4.78 is 39.8. The van der Waals surface area contributed by atoms with Gasteiger partial charge in [-0.25, -0.2) is 4.98 Å². The van der Waals surface area contributed by atoms with Crippen LogP contribution in [0.4, 0.5) is 18.9 Å². The molecule has 1 N–H and O–H groups in total. The zero-order valence-electron chi connectivity index (χ0n) is 18.1. The number of carbonyl (C=O) groups is 2. The van der Waals surface area contributed by atoms with Crippen LogP contribution in [-0.2, 0) is 11.0 Å². The number of alkyl halides is 3. The highest BCUT2D eigenvalue weighted by Crippen LogP contribution is 2.34. The number of nitrogens with one attached hydrogen (secondary N) is 1. The normalized spacial score (nSPS) is 11.4. The molecule has 0 spiro atoms. The van der Waals surface area contributed by atoms with E-state index in [1.165, 1.54) is 34.4 Å². The van der Waals surface area contributed by atoms with Crippen LogP contribution in [-0.4, -0.2) is 34.8 Å². The second kappa shape index (κ2) is 9.64. The summed E-state index contributed by atoms with van der Waals surface area (Å²) in [5.74, 6) is -1.12. The van der Waals surface area contributed by atoms with E-state index in [4.69, 9.17) is 0 Å². The lowest BCUT2D eigenvalue weighted by molar-refractivity contribution is -0.137. The standard InChI is InChI=1S/C25H20F3N3O2S/c1-2-31(15-23(32)30-20-11-6-4-9-18(20)25(26,27)28)24(33)17-14-21(22-12-7-13-34-22)29-19-10-5-3-8-16(17)19/h3-14H,2,15H2,1H3,(H,30,32). The molecule has 0 aliphatic carbocycles. The Labute approximate surface area is 197 Å².